The molecule has 2 saturated carbocycles. The van der Waals surface area contributed by atoms with Crippen molar-refractivity contribution in [3.05, 3.63) is 80.7 Å². The van der Waals surface area contributed by atoms with Gasteiger partial charge in [-0.1, -0.05) is 29.3 Å². The Morgan fingerprint density at radius 2 is 1.54 bits per heavy atom. The van der Waals surface area contributed by atoms with E-state index in [1.165, 1.54) is 36.4 Å². The number of esters is 2. The number of halogens is 4. The zero-order valence-corrected chi connectivity index (χ0v) is 33.1. The SMILES string of the molecule is CC(C)(C)OC(=O)N(c1ccc(C(=O)OCC(=O)O[C@@H](Cc2c(Cl)c[n+]([O-])cc2Cl)c2ccc(OC(F)F)c(OCC3CC3)c2)cc1OCC1CC1)S(C)(=O)=O. The van der Waals surface area contributed by atoms with Gasteiger partial charge in [0, 0.05) is 12.0 Å². The van der Waals surface area contributed by atoms with Gasteiger partial charge in [-0.25, -0.2) is 22.8 Å². The first kappa shape index (κ1) is 42.5. The van der Waals surface area contributed by atoms with Crippen molar-refractivity contribution < 1.29 is 64.7 Å². The Morgan fingerprint density at radius 3 is 2.09 bits per heavy atom. The summed E-state index contributed by atoms with van der Waals surface area (Å²) in [4.78, 5) is 39.6. The summed E-state index contributed by atoms with van der Waals surface area (Å²) >= 11 is 12.6. The molecule has 2 aliphatic carbocycles. The molecule has 0 saturated heterocycles. The quantitative estimate of drug-likeness (QED) is 0.0581. The van der Waals surface area contributed by atoms with Crippen LogP contribution >= 0.6 is 23.2 Å². The van der Waals surface area contributed by atoms with Crippen LogP contribution in [0.1, 0.15) is 74.0 Å². The fraction of sp³-hybridized carbons (Fsp3) is 0.459. The molecule has 0 bridgehead atoms. The summed E-state index contributed by atoms with van der Waals surface area (Å²) in [6.07, 6.45) is 3.89. The van der Waals surface area contributed by atoms with Gasteiger partial charge in [-0.15, -0.1) is 0 Å². The number of anilines is 1. The molecule has 304 valence electrons. The van der Waals surface area contributed by atoms with Crippen molar-refractivity contribution in [2.24, 2.45) is 11.8 Å². The topological polar surface area (TPSA) is 171 Å². The van der Waals surface area contributed by atoms with Crippen LogP contribution in [0.5, 0.6) is 17.2 Å². The minimum Gasteiger partial charge on any atom is -0.619 e. The molecule has 0 aliphatic heterocycles. The van der Waals surface area contributed by atoms with Gasteiger partial charge in [-0.2, -0.15) is 17.8 Å². The second-order valence-corrected chi connectivity index (χ2v) is 17.0. The van der Waals surface area contributed by atoms with E-state index in [0.717, 1.165) is 44.3 Å². The lowest BCUT2D eigenvalue weighted by molar-refractivity contribution is -0.605. The van der Waals surface area contributed by atoms with Crippen LogP contribution in [0.2, 0.25) is 10.0 Å². The first-order valence-corrected chi connectivity index (χ1v) is 20.0. The number of carbonyl (C=O) groups excluding carboxylic acids is 3. The lowest BCUT2D eigenvalue weighted by Crippen LogP contribution is -2.40. The summed E-state index contributed by atoms with van der Waals surface area (Å²) in [5.74, 6) is -2.03. The Morgan fingerprint density at radius 1 is 0.929 bits per heavy atom. The molecule has 1 amide bonds. The largest absolute Gasteiger partial charge is 0.619 e. The first-order valence-electron chi connectivity index (χ1n) is 17.4. The van der Waals surface area contributed by atoms with Crippen molar-refractivity contribution in [1.29, 1.82) is 0 Å². The van der Waals surface area contributed by atoms with Crippen LogP contribution in [0.15, 0.2) is 48.8 Å². The number of hydrogen-bond donors (Lipinski definition) is 0. The number of hydrogen-bond acceptors (Lipinski definition) is 12. The van der Waals surface area contributed by atoms with Crippen LogP contribution in [0, 0.1) is 17.0 Å². The summed E-state index contributed by atoms with van der Waals surface area (Å²) in [5, 5.41) is 11.8. The van der Waals surface area contributed by atoms with Crippen molar-refractivity contribution >= 4 is 56.9 Å². The van der Waals surface area contributed by atoms with Gasteiger partial charge in [0.05, 0.1) is 25.0 Å². The Labute approximate surface area is 332 Å². The van der Waals surface area contributed by atoms with Crippen LogP contribution in [0.25, 0.3) is 0 Å². The molecule has 1 atom stereocenters. The van der Waals surface area contributed by atoms with Crippen molar-refractivity contribution in [3.8, 4) is 17.2 Å². The van der Waals surface area contributed by atoms with E-state index in [-0.39, 0.29) is 81.1 Å². The molecule has 1 heterocycles. The number of sulfonamides is 1. The van der Waals surface area contributed by atoms with Gasteiger partial charge in [-0.3, -0.25) is 0 Å². The zero-order valence-electron chi connectivity index (χ0n) is 30.8. The number of benzene rings is 2. The normalized spacial score (nSPS) is 14.8. The molecule has 0 unspecified atom stereocenters. The fourth-order valence-corrected chi connectivity index (χ4v) is 6.61. The maximum Gasteiger partial charge on any atom is 0.429 e. The van der Waals surface area contributed by atoms with Crippen molar-refractivity contribution in [1.82, 2.24) is 0 Å². The zero-order chi connectivity index (χ0) is 40.9. The Kier molecular flexibility index (Phi) is 13.4. The number of alkyl halides is 2. The van der Waals surface area contributed by atoms with Crippen LogP contribution < -0.4 is 23.2 Å². The summed E-state index contributed by atoms with van der Waals surface area (Å²) in [6.45, 7) is 1.06. The third-order valence-corrected chi connectivity index (χ3v) is 9.91. The van der Waals surface area contributed by atoms with Crippen molar-refractivity contribution in [3.63, 3.8) is 0 Å². The van der Waals surface area contributed by atoms with E-state index in [2.05, 4.69) is 4.74 Å². The second-order valence-electron chi connectivity index (χ2n) is 14.3. The molecular weight excluding hydrogens is 805 g/mol. The Hall–Kier alpha value is -4.61. The number of rotatable bonds is 17. The average Bonchev–Trinajstić information content (AvgIpc) is 4.02. The minimum absolute atomic E-state index is 0.0332. The summed E-state index contributed by atoms with van der Waals surface area (Å²) in [6, 6.07) is 7.51. The predicted octanol–water partition coefficient (Wildman–Crippen LogP) is 7.19. The molecule has 14 nitrogen and oxygen atoms in total. The predicted molar refractivity (Wildman–Crippen MR) is 198 cm³/mol. The van der Waals surface area contributed by atoms with Gasteiger partial charge < -0.3 is 33.6 Å². The first-order chi connectivity index (χ1) is 26.3. The molecule has 0 N–H and O–H groups in total. The smallest absolute Gasteiger partial charge is 0.429 e. The van der Waals surface area contributed by atoms with Gasteiger partial charge >= 0.3 is 24.6 Å². The molecule has 1 aromatic heterocycles. The van der Waals surface area contributed by atoms with E-state index in [1.54, 1.807) is 20.8 Å². The molecule has 2 aliphatic rings. The van der Waals surface area contributed by atoms with E-state index in [4.69, 9.17) is 46.9 Å². The maximum atomic E-state index is 13.3. The third kappa shape index (κ3) is 12.2. The Balaban J connectivity index is 1.37. The van der Waals surface area contributed by atoms with Gasteiger partial charge in [0.2, 0.25) is 10.0 Å². The van der Waals surface area contributed by atoms with E-state index in [0.29, 0.717) is 9.04 Å². The lowest BCUT2D eigenvalue weighted by atomic mass is 10.0. The number of ether oxygens (including phenoxy) is 6. The van der Waals surface area contributed by atoms with Gasteiger partial charge in [0.1, 0.15) is 33.2 Å². The van der Waals surface area contributed by atoms with Gasteiger partial charge in [0.15, 0.2) is 30.5 Å². The van der Waals surface area contributed by atoms with Crippen LogP contribution in [-0.4, -0.2) is 64.7 Å². The highest BCUT2D eigenvalue weighted by Gasteiger charge is 2.34. The molecule has 2 fully saturated rings. The summed E-state index contributed by atoms with van der Waals surface area (Å²) in [5.41, 5.74) is -0.924. The molecular formula is C37H40Cl2F2N2O12S. The highest BCUT2D eigenvalue weighted by atomic mass is 35.5. The number of amides is 1. The summed E-state index contributed by atoms with van der Waals surface area (Å²) < 4.78 is 85.4. The van der Waals surface area contributed by atoms with Crippen molar-refractivity contribution in [2.75, 3.05) is 30.4 Å². The maximum absolute atomic E-state index is 13.3. The minimum atomic E-state index is -4.25. The molecule has 0 radical (unpaired) electrons. The number of pyridine rings is 1. The van der Waals surface area contributed by atoms with Crippen LogP contribution in [-0.2, 0) is 35.4 Å². The standard InChI is InChI=1S/C37H40Cl2F2N2O12S/c1-37(2,3)55-36(46)43(56(4,48)49)28-11-9-24(14-31(28)50-18-21-5-6-21)34(45)52-20-33(44)53-30(15-25-26(38)16-42(47)17-27(25)39)23-10-12-29(54-35(40)41)32(13-23)51-19-22-7-8-22/h9-14,16-17,21-22,30,35H,5-8,15,18-20H2,1-4H3/t30-/m0/s1. The number of carbonyl (C=O) groups is 3. The fourth-order valence-electron chi connectivity index (χ4n) is 5.19. The van der Waals surface area contributed by atoms with Gasteiger partial charge in [-0.05, 0) is 94.2 Å². The van der Waals surface area contributed by atoms with E-state index in [9.17, 15) is 36.8 Å². The van der Waals surface area contributed by atoms with Crippen LogP contribution in [0.3, 0.4) is 0 Å². The lowest BCUT2D eigenvalue weighted by Gasteiger charge is -2.27. The highest BCUT2D eigenvalue weighted by molar-refractivity contribution is 7.92. The number of aromatic nitrogens is 1. The molecule has 3 aromatic rings. The molecule has 2 aromatic carbocycles. The second kappa shape index (κ2) is 17.7. The van der Waals surface area contributed by atoms with E-state index >= 15 is 0 Å². The molecule has 56 heavy (non-hydrogen) atoms. The van der Waals surface area contributed by atoms with E-state index in [1.807, 2.05) is 0 Å². The number of nitrogens with zero attached hydrogens (tertiary/aromatic N) is 2. The molecule has 0 spiro atoms. The molecule has 19 heteroatoms. The highest BCUT2D eigenvalue weighted by Crippen LogP contribution is 2.39. The van der Waals surface area contributed by atoms with Crippen molar-refractivity contribution in [2.45, 2.75) is 71.2 Å². The average molecular weight is 846 g/mol. The van der Waals surface area contributed by atoms with E-state index < -0.39 is 53.0 Å². The molecule has 5 rings (SSSR count). The van der Waals surface area contributed by atoms with Crippen LogP contribution in [0.4, 0.5) is 19.3 Å². The Bertz CT molecular complexity index is 2030. The van der Waals surface area contributed by atoms with Gasteiger partial charge in [0.25, 0.3) is 0 Å². The third-order valence-electron chi connectivity index (χ3n) is 8.25. The monoisotopic (exact) mass is 844 g/mol. The summed E-state index contributed by atoms with van der Waals surface area (Å²) in [7, 11) is -4.25.